The Hall–Kier alpha value is -0.530. The van der Waals surface area contributed by atoms with E-state index in [1.807, 2.05) is 29.2 Å². The summed E-state index contributed by atoms with van der Waals surface area (Å²) in [6.07, 6.45) is 1.92. The highest BCUT2D eigenvalue weighted by molar-refractivity contribution is 14.1. The Morgan fingerprint density at radius 2 is 2.00 bits per heavy atom. The fourth-order valence-corrected chi connectivity index (χ4v) is 2.72. The molecule has 0 saturated carbocycles. The van der Waals surface area contributed by atoms with E-state index in [-0.39, 0.29) is 24.4 Å². The number of piperidine rings is 1. The summed E-state index contributed by atoms with van der Waals surface area (Å²) >= 11 is 2.27. The maximum absolute atomic E-state index is 11.8. The molecule has 2 rings (SSSR count). The molecular formula is C14H20ClIN2O2. The molecule has 1 amide bonds. The molecule has 0 radical (unpaired) electrons. The van der Waals surface area contributed by atoms with Crippen molar-refractivity contribution in [2.45, 2.75) is 31.9 Å². The maximum Gasteiger partial charge on any atom is 0.239 e. The first kappa shape index (κ1) is 17.5. The van der Waals surface area contributed by atoms with E-state index in [1.165, 1.54) is 0 Å². The Morgan fingerprint density at radius 3 is 2.55 bits per heavy atom. The molecule has 0 unspecified atom stereocenters. The molecule has 1 aromatic rings. The summed E-state index contributed by atoms with van der Waals surface area (Å²) in [5.41, 5.74) is 5.62. The molecule has 1 aliphatic rings. The number of likely N-dealkylation sites (tertiary alicyclic amines) is 1. The summed E-state index contributed by atoms with van der Waals surface area (Å²) in [5.74, 6) is 0.966. The number of carbonyl (C=O) groups excluding carboxylic acids is 1. The monoisotopic (exact) mass is 410 g/mol. The summed E-state index contributed by atoms with van der Waals surface area (Å²) in [5, 5.41) is 0. The largest absolute Gasteiger partial charge is 0.489 e. The molecular weight excluding hydrogens is 391 g/mol. The van der Waals surface area contributed by atoms with Gasteiger partial charge in [0.15, 0.2) is 0 Å². The van der Waals surface area contributed by atoms with Crippen LogP contribution in [0.25, 0.3) is 0 Å². The first-order valence-electron chi connectivity index (χ1n) is 6.53. The topological polar surface area (TPSA) is 55.6 Å². The molecule has 2 N–H and O–H groups in total. The molecule has 1 atom stereocenters. The highest BCUT2D eigenvalue weighted by atomic mass is 127. The predicted molar refractivity (Wildman–Crippen MR) is 90.3 cm³/mol. The van der Waals surface area contributed by atoms with Gasteiger partial charge in [0, 0.05) is 25.9 Å². The van der Waals surface area contributed by atoms with Crippen LogP contribution in [-0.4, -0.2) is 36.0 Å². The Bertz CT molecular complexity index is 449. The van der Waals surface area contributed by atoms with Gasteiger partial charge in [-0.25, -0.2) is 0 Å². The van der Waals surface area contributed by atoms with Crippen molar-refractivity contribution in [3.63, 3.8) is 0 Å². The Morgan fingerprint density at radius 1 is 1.40 bits per heavy atom. The molecule has 0 spiro atoms. The first-order valence-corrected chi connectivity index (χ1v) is 7.61. The standard InChI is InChI=1S/C14H19IN2O2.ClH/c1-10(16)14(18)17-8-6-11(7-9-17)19-13-5-3-2-4-12(13)15;/h2-5,10-11H,6-9,16H2,1H3;1H/t10-;/m0./s1. The molecule has 112 valence electrons. The number of nitrogens with zero attached hydrogens (tertiary/aromatic N) is 1. The zero-order valence-electron chi connectivity index (χ0n) is 11.4. The number of benzene rings is 1. The Balaban J connectivity index is 0.00000200. The molecule has 20 heavy (non-hydrogen) atoms. The van der Waals surface area contributed by atoms with E-state index in [9.17, 15) is 4.79 Å². The second-order valence-electron chi connectivity index (χ2n) is 4.86. The van der Waals surface area contributed by atoms with E-state index in [1.54, 1.807) is 6.92 Å². The van der Waals surface area contributed by atoms with Crippen molar-refractivity contribution in [1.82, 2.24) is 4.90 Å². The van der Waals surface area contributed by atoms with Crippen LogP contribution >= 0.6 is 35.0 Å². The van der Waals surface area contributed by atoms with Crippen LogP contribution in [0, 0.1) is 3.57 Å². The van der Waals surface area contributed by atoms with Crippen molar-refractivity contribution in [2.75, 3.05) is 13.1 Å². The van der Waals surface area contributed by atoms with Crippen LogP contribution in [-0.2, 0) is 4.79 Å². The molecule has 1 aromatic carbocycles. The van der Waals surface area contributed by atoms with Crippen LogP contribution in [0.2, 0.25) is 0 Å². The van der Waals surface area contributed by atoms with E-state index in [0.717, 1.165) is 35.3 Å². The van der Waals surface area contributed by atoms with E-state index in [2.05, 4.69) is 22.6 Å². The summed E-state index contributed by atoms with van der Waals surface area (Å²) in [7, 11) is 0. The normalized spacial score (nSPS) is 17.2. The lowest BCUT2D eigenvalue weighted by Gasteiger charge is -2.33. The fraction of sp³-hybridized carbons (Fsp3) is 0.500. The van der Waals surface area contributed by atoms with Crippen molar-refractivity contribution < 1.29 is 9.53 Å². The zero-order chi connectivity index (χ0) is 13.8. The smallest absolute Gasteiger partial charge is 0.239 e. The summed E-state index contributed by atoms with van der Waals surface area (Å²) < 4.78 is 7.12. The van der Waals surface area contributed by atoms with Crippen LogP contribution < -0.4 is 10.5 Å². The van der Waals surface area contributed by atoms with E-state index < -0.39 is 6.04 Å². The third kappa shape index (κ3) is 4.49. The van der Waals surface area contributed by atoms with Gasteiger partial charge in [-0.05, 0) is 41.6 Å². The third-order valence-corrected chi connectivity index (χ3v) is 4.16. The lowest BCUT2D eigenvalue weighted by molar-refractivity contribution is -0.133. The molecule has 1 heterocycles. The van der Waals surface area contributed by atoms with Gasteiger partial charge in [-0.2, -0.15) is 0 Å². The highest BCUT2D eigenvalue weighted by Crippen LogP contribution is 2.24. The first-order chi connectivity index (χ1) is 9.08. The SMILES string of the molecule is C[C@H](N)C(=O)N1CCC(Oc2ccccc2I)CC1.Cl. The maximum atomic E-state index is 11.8. The number of ether oxygens (including phenoxy) is 1. The van der Waals surface area contributed by atoms with Crippen LogP contribution in [0.15, 0.2) is 24.3 Å². The number of para-hydroxylation sites is 1. The third-order valence-electron chi connectivity index (χ3n) is 3.27. The molecule has 1 fully saturated rings. The van der Waals surface area contributed by atoms with Crippen LogP contribution in [0.4, 0.5) is 0 Å². The molecule has 1 aliphatic heterocycles. The van der Waals surface area contributed by atoms with Gasteiger partial charge in [-0.3, -0.25) is 4.79 Å². The van der Waals surface area contributed by atoms with Crippen LogP contribution in [0.3, 0.4) is 0 Å². The number of nitrogens with two attached hydrogens (primary N) is 1. The second kappa shape index (κ2) is 8.05. The van der Waals surface area contributed by atoms with Crippen LogP contribution in [0.5, 0.6) is 5.75 Å². The summed E-state index contributed by atoms with van der Waals surface area (Å²) in [6.45, 7) is 3.19. The van der Waals surface area contributed by atoms with Gasteiger partial charge in [-0.15, -0.1) is 12.4 Å². The number of rotatable bonds is 3. The van der Waals surface area contributed by atoms with E-state index in [0.29, 0.717) is 0 Å². The van der Waals surface area contributed by atoms with Crippen molar-refractivity contribution >= 4 is 40.9 Å². The van der Waals surface area contributed by atoms with Gasteiger partial charge in [0.25, 0.3) is 0 Å². The quantitative estimate of drug-likeness (QED) is 0.779. The fourth-order valence-electron chi connectivity index (χ4n) is 2.20. The minimum atomic E-state index is -0.410. The van der Waals surface area contributed by atoms with E-state index in [4.69, 9.17) is 10.5 Å². The average Bonchev–Trinajstić information content (AvgIpc) is 2.41. The molecule has 0 aliphatic carbocycles. The number of amides is 1. The number of halogens is 2. The highest BCUT2D eigenvalue weighted by Gasteiger charge is 2.25. The van der Waals surface area contributed by atoms with Crippen molar-refractivity contribution in [2.24, 2.45) is 5.73 Å². The zero-order valence-corrected chi connectivity index (χ0v) is 14.4. The molecule has 1 saturated heterocycles. The second-order valence-corrected chi connectivity index (χ2v) is 6.02. The van der Waals surface area contributed by atoms with Crippen molar-refractivity contribution in [1.29, 1.82) is 0 Å². The van der Waals surface area contributed by atoms with Gasteiger partial charge in [0.2, 0.25) is 5.91 Å². The molecule has 0 bridgehead atoms. The van der Waals surface area contributed by atoms with Gasteiger partial charge in [-0.1, -0.05) is 12.1 Å². The van der Waals surface area contributed by atoms with Gasteiger partial charge in [0.1, 0.15) is 11.9 Å². The minimum absolute atomic E-state index is 0. The Labute approximate surface area is 139 Å². The molecule has 0 aromatic heterocycles. The van der Waals surface area contributed by atoms with Gasteiger partial charge in [0.05, 0.1) is 9.61 Å². The number of hydrogen-bond acceptors (Lipinski definition) is 3. The number of hydrogen-bond donors (Lipinski definition) is 1. The Kier molecular flexibility index (Phi) is 7.05. The van der Waals surface area contributed by atoms with Gasteiger partial charge < -0.3 is 15.4 Å². The lowest BCUT2D eigenvalue weighted by Crippen LogP contribution is -2.47. The van der Waals surface area contributed by atoms with E-state index >= 15 is 0 Å². The molecule has 4 nitrogen and oxygen atoms in total. The van der Waals surface area contributed by atoms with Gasteiger partial charge >= 0.3 is 0 Å². The van der Waals surface area contributed by atoms with Crippen LogP contribution in [0.1, 0.15) is 19.8 Å². The summed E-state index contributed by atoms with van der Waals surface area (Å²) in [6, 6.07) is 7.59. The number of carbonyl (C=O) groups is 1. The lowest BCUT2D eigenvalue weighted by atomic mass is 10.1. The summed E-state index contributed by atoms with van der Waals surface area (Å²) in [4.78, 5) is 13.6. The molecule has 6 heteroatoms. The minimum Gasteiger partial charge on any atom is -0.489 e. The predicted octanol–water partition coefficient (Wildman–Crippen LogP) is 2.43. The van der Waals surface area contributed by atoms with Crippen molar-refractivity contribution in [3.05, 3.63) is 27.8 Å². The van der Waals surface area contributed by atoms with Crippen molar-refractivity contribution in [3.8, 4) is 5.75 Å². The average molecular weight is 411 g/mol.